The van der Waals surface area contributed by atoms with Gasteiger partial charge < -0.3 is 10.1 Å². The summed E-state index contributed by atoms with van der Waals surface area (Å²) in [5.41, 5.74) is 0.543. The lowest BCUT2D eigenvalue weighted by atomic mass is 10.2. The number of carbonyl (C=O) groups is 2. The summed E-state index contributed by atoms with van der Waals surface area (Å²) < 4.78 is 6.99. The molecule has 0 spiro atoms. The van der Waals surface area contributed by atoms with Gasteiger partial charge in [0.2, 0.25) is 5.91 Å². The molecule has 0 bridgehead atoms. The van der Waals surface area contributed by atoms with E-state index in [0.29, 0.717) is 31.4 Å². The summed E-state index contributed by atoms with van der Waals surface area (Å²) in [6, 6.07) is 5.05. The number of esters is 1. The van der Waals surface area contributed by atoms with Gasteiger partial charge >= 0.3 is 5.97 Å². The SMILES string of the molecule is CCOC(=O)c1sc2ncn(CC(=O)Nc3ccc(Br)cc3Cl)c(=O)c2c1C. The van der Waals surface area contributed by atoms with Crippen molar-refractivity contribution in [2.24, 2.45) is 0 Å². The molecule has 0 unspecified atom stereocenters. The molecule has 7 nitrogen and oxygen atoms in total. The molecule has 146 valence electrons. The highest BCUT2D eigenvalue weighted by Gasteiger charge is 2.20. The average molecular weight is 485 g/mol. The zero-order chi connectivity index (χ0) is 20.4. The van der Waals surface area contributed by atoms with E-state index in [4.69, 9.17) is 16.3 Å². The number of nitrogens with one attached hydrogen (secondary N) is 1. The molecular weight excluding hydrogens is 470 g/mol. The Morgan fingerprint density at radius 2 is 2.14 bits per heavy atom. The first-order valence-electron chi connectivity index (χ1n) is 8.22. The van der Waals surface area contributed by atoms with Gasteiger partial charge in [-0.2, -0.15) is 0 Å². The molecule has 1 amide bonds. The molecule has 0 saturated carbocycles. The van der Waals surface area contributed by atoms with Crippen LogP contribution in [0.3, 0.4) is 0 Å². The second-order valence-corrected chi connectivity index (χ2v) is 8.13. The summed E-state index contributed by atoms with van der Waals surface area (Å²) in [7, 11) is 0. The van der Waals surface area contributed by atoms with Crippen LogP contribution in [0.2, 0.25) is 5.02 Å². The number of ether oxygens (including phenoxy) is 1. The summed E-state index contributed by atoms with van der Waals surface area (Å²) in [4.78, 5) is 42.2. The van der Waals surface area contributed by atoms with E-state index in [1.807, 2.05) is 0 Å². The Kier molecular flexibility index (Phi) is 6.17. The topological polar surface area (TPSA) is 90.3 Å². The molecule has 0 fully saturated rings. The van der Waals surface area contributed by atoms with Crippen LogP contribution in [0.25, 0.3) is 10.2 Å². The number of aromatic nitrogens is 2. The van der Waals surface area contributed by atoms with E-state index in [-0.39, 0.29) is 13.2 Å². The number of aryl methyl sites for hydroxylation is 1. The summed E-state index contributed by atoms with van der Waals surface area (Å²) in [6.45, 7) is 3.38. The largest absolute Gasteiger partial charge is 0.462 e. The van der Waals surface area contributed by atoms with Gasteiger partial charge in [-0.3, -0.25) is 14.2 Å². The predicted molar refractivity (Wildman–Crippen MR) is 112 cm³/mol. The van der Waals surface area contributed by atoms with Gasteiger partial charge in [-0.1, -0.05) is 27.5 Å². The van der Waals surface area contributed by atoms with Gasteiger partial charge in [-0.25, -0.2) is 9.78 Å². The van der Waals surface area contributed by atoms with E-state index >= 15 is 0 Å². The van der Waals surface area contributed by atoms with Gasteiger partial charge in [0.05, 0.1) is 29.0 Å². The van der Waals surface area contributed by atoms with Crippen LogP contribution in [-0.2, 0) is 16.1 Å². The number of thiophene rings is 1. The fraction of sp³-hybridized carbons (Fsp3) is 0.222. The van der Waals surface area contributed by atoms with Crippen molar-refractivity contribution in [3.63, 3.8) is 0 Å². The Balaban J connectivity index is 1.88. The third-order valence-electron chi connectivity index (χ3n) is 3.90. The lowest BCUT2D eigenvalue weighted by Crippen LogP contribution is -2.28. The first kappa shape index (κ1) is 20.5. The van der Waals surface area contributed by atoms with Crippen LogP contribution in [-0.4, -0.2) is 28.0 Å². The molecule has 2 aromatic heterocycles. The summed E-state index contributed by atoms with van der Waals surface area (Å²) in [5.74, 6) is -0.914. The number of fused-ring (bicyclic) bond motifs is 1. The predicted octanol–water partition coefficient (Wildman–Crippen LogP) is 4.00. The number of benzene rings is 1. The Morgan fingerprint density at radius 1 is 1.39 bits per heavy atom. The molecule has 3 aromatic rings. The van der Waals surface area contributed by atoms with Gasteiger partial charge in [0.25, 0.3) is 5.56 Å². The van der Waals surface area contributed by atoms with Crippen LogP contribution < -0.4 is 10.9 Å². The maximum Gasteiger partial charge on any atom is 0.348 e. The molecule has 0 aliphatic rings. The maximum absolute atomic E-state index is 12.8. The monoisotopic (exact) mass is 483 g/mol. The number of rotatable bonds is 5. The molecule has 0 saturated heterocycles. The molecule has 0 aliphatic carbocycles. The van der Waals surface area contributed by atoms with Crippen molar-refractivity contribution in [3.8, 4) is 0 Å². The van der Waals surface area contributed by atoms with E-state index in [1.54, 1.807) is 32.0 Å². The molecule has 0 aliphatic heterocycles. The summed E-state index contributed by atoms with van der Waals surface area (Å²) in [6.07, 6.45) is 1.29. The second kappa shape index (κ2) is 8.42. The van der Waals surface area contributed by atoms with Crippen LogP contribution in [0.5, 0.6) is 0 Å². The molecule has 1 aromatic carbocycles. The smallest absolute Gasteiger partial charge is 0.348 e. The second-order valence-electron chi connectivity index (χ2n) is 5.81. The Bertz CT molecular complexity index is 1140. The quantitative estimate of drug-likeness (QED) is 0.553. The van der Waals surface area contributed by atoms with E-state index in [2.05, 4.69) is 26.2 Å². The van der Waals surface area contributed by atoms with Crippen LogP contribution >= 0.6 is 38.9 Å². The highest BCUT2D eigenvalue weighted by atomic mass is 79.9. The lowest BCUT2D eigenvalue weighted by Gasteiger charge is -2.09. The minimum atomic E-state index is -0.489. The third-order valence-corrected chi connectivity index (χ3v) is 5.88. The Hall–Kier alpha value is -2.23. The zero-order valence-corrected chi connectivity index (χ0v) is 18.1. The average Bonchev–Trinajstić information content (AvgIpc) is 2.97. The minimum Gasteiger partial charge on any atom is -0.462 e. The van der Waals surface area contributed by atoms with Crippen molar-refractivity contribution in [2.75, 3.05) is 11.9 Å². The molecule has 0 radical (unpaired) electrons. The van der Waals surface area contributed by atoms with Crippen molar-refractivity contribution in [1.82, 2.24) is 9.55 Å². The van der Waals surface area contributed by atoms with Gasteiger partial charge in [-0.15, -0.1) is 11.3 Å². The van der Waals surface area contributed by atoms with Crippen LogP contribution in [0.15, 0.2) is 33.8 Å². The number of halogens is 2. The number of hydrogen-bond acceptors (Lipinski definition) is 6. The minimum absolute atomic E-state index is 0.238. The summed E-state index contributed by atoms with van der Waals surface area (Å²) >= 11 is 10.5. The number of hydrogen-bond donors (Lipinski definition) is 1. The normalized spacial score (nSPS) is 10.9. The molecule has 1 N–H and O–H groups in total. The van der Waals surface area contributed by atoms with Crippen molar-refractivity contribution >= 4 is 66.6 Å². The van der Waals surface area contributed by atoms with E-state index in [1.165, 1.54) is 10.9 Å². The number of carbonyl (C=O) groups excluding carboxylic acids is 2. The maximum atomic E-state index is 12.8. The number of anilines is 1. The van der Waals surface area contributed by atoms with Crippen LogP contribution in [0.1, 0.15) is 22.2 Å². The first-order chi connectivity index (χ1) is 13.3. The fourth-order valence-corrected chi connectivity index (χ4v) is 4.35. The van der Waals surface area contributed by atoms with Crippen LogP contribution in [0, 0.1) is 6.92 Å². The summed E-state index contributed by atoms with van der Waals surface area (Å²) in [5, 5.41) is 3.35. The fourth-order valence-electron chi connectivity index (χ4n) is 2.60. The molecule has 2 heterocycles. The van der Waals surface area contributed by atoms with Gasteiger partial charge in [-0.05, 0) is 37.6 Å². The van der Waals surface area contributed by atoms with Crippen LogP contribution in [0.4, 0.5) is 5.69 Å². The van der Waals surface area contributed by atoms with Gasteiger partial charge in [0, 0.05) is 4.47 Å². The van der Waals surface area contributed by atoms with Crippen molar-refractivity contribution in [1.29, 1.82) is 0 Å². The van der Waals surface area contributed by atoms with Crippen molar-refractivity contribution in [2.45, 2.75) is 20.4 Å². The third kappa shape index (κ3) is 4.11. The molecular formula is C18H15BrClN3O4S. The highest BCUT2D eigenvalue weighted by molar-refractivity contribution is 9.10. The number of amides is 1. The zero-order valence-electron chi connectivity index (χ0n) is 14.9. The molecule has 0 atom stereocenters. The lowest BCUT2D eigenvalue weighted by molar-refractivity contribution is -0.116. The van der Waals surface area contributed by atoms with E-state index in [0.717, 1.165) is 15.8 Å². The highest BCUT2D eigenvalue weighted by Crippen LogP contribution is 2.28. The van der Waals surface area contributed by atoms with E-state index < -0.39 is 17.4 Å². The van der Waals surface area contributed by atoms with Crippen molar-refractivity contribution < 1.29 is 14.3 Å². The molecule has 3 rings (SSSR count). The molecule has 28 heavy (non-hydrogen) atoms. The van der Waals surface area contributed by atoms with Gasteiger partial charge in [0.15, 0.2) is 0 Å². The van der Waals surface area contributed by atoms with Gasteiger partial charge in [0.1, 0.15) is 16.3 Å². The number of nitrogens with zero attached hydrogens (tertiary/aromatic N) is 2. The Morgan fingerprint density at radius 3 is 2.82 bits per heavy atom. The standard InChI is InChI=1S/C18H15BrClN3O4S/c1-3-27-18(26)15-9(2)14-16(28-15)21-8-23(17(14)25)7-13(24)22-12-5-4-10(19)6-11(12)20/h4-6,8H,3,7H2,1-2H3,(H,22,24). The molecule has 10 heteroatoms. The van der Waals surface area contributed by atoms with E-state index in [9.17, 15) is 14.4 Å². The first-order valence-corrected chi connectivity index (χ1v) is 10.2. The Labute approximate surface area is 177 Å². The van der Waals surface area contributed by atoms with Crippen molar-refractivity contribution in [3.05, 3.63) is 54.8 Å².